The molecular formula is C14H22N2O. The lowest BCUT2D eigenvalue weighted by Gasteiger charge is -2.18. The van der Waals surface area contributed by atoms with Crippen LogP contribution in [0.15, 0.2) is 18.2 Å². The second-order valence-electron chi connectivity index (χ2n) is 4.89. The van der Waals surface area contributed by atoms with E-state index in [1.54, 1.807) is 7.11 Å². The van der Waals surface area contributed by atoms with Gasteiger partial charge in [0.2, 0.25) is 0 Å². The summed E-state index contributed by atoms with van der Waals surface area (Å²) in [5.74, 6) is 1.00. The predicted octanol–water partition coefficient (Wildman–Crippen LogP) is 2.06. The van der Waals surface area contributed by atoms with E-state index >= 15 is 0 Å². The molecule has 1 unspecified atom stereocenters. The topological polar surface area (TPSA) is 24.5 Å². The van der Waals surface area contributed by atoms with Gasteiger partial charge in [0, 0.05) is 25.8 Å². The second-order valence-corrected chi connectivity index (χ2v) is 4.89. The van der Waals surface area contributed by atoms with Crippen molar-refractivity contribution in [3.63, 3.8) is 0 Å². The Morgan fingerprint density at radius 1 is 1.41 bits per heavy atom. The molecule has 0 spiro atoms. The lowest BCUT2D eigenvalue weighted by atomic mass is 10.0. The van der Waals surface area contributed by atoms with Crippen LogP contribution in [0, 0.1) is 0 Å². The number of ether oxygens (including phenoxy) is 1. The molecule has 0 radical (unpaired) electrons. The first-order valence-electron chi connectivity index (χ1n) is 6.28. The van der Waals surface area contributed by atoms with Crippen LogP contribution < -0.4 is 15.0 Å². The minimum Gasteiger partial charge on any atom is -0.496 e. The molecule has 1 aliphatic rings. The van der Waals surface area contributed by atoms with E-state index in [1.165, 1.54) is 24.1 Å². The molecule has 3 heteroatoms. The van der Waals surface area contributed by atoms with Crippen molar-refractivity contribution in [3.8, 4) is 5.75 Å². The summed E-state index contributed by atoms with van der Waals surface area (Å²) < 4.78 is 5.44. The van der Waals surface area contributed by atoms with Crippen molar-refractivity contribution in [2.75, 3.05) is 32.6 Å². The lowest BCUT2D eigenvalue weighted by molar-refractivity contribution is 0.407. The van der Waals surface area contributed by atoms with E-state index in [2.05, 4.69) is 42.5 Å². The molecule has 1 aromatic rings. The van der Waals surface area contributed by atoms with Gasteiger partial charge in [0.1, 0.15) is 5.75 Å². The Morgan fingerprint density at radius 2 is 2.24 bits per heavy atom. The average Bonchev–Trinajstić information content (AvgIpc) is 2.81. The first-order chi connectivity index (χ1) is 8.20. The van der Waals surface area contributed by atoms with E-state index in [1.807, 2.05) is 0 Å². The molecule has 94 valence electrons. The number of hydrogen-bond acceptors (Lipinski definition) is 3. The Balaban J connectivity index is 2.19. The van der Waals surface area contributed by atoms with Crippen LogP contribution in [0.5, 0.6) is 5.75 Å². The molecule has 1 aromatic carbocycles. The standard InChI is InChI=1S/C14H22N2O/c1-16(2)13-6-7-14(17-3)11(10-13)9-12-5-4-8-15-12/h6-7,10,12,15H,4-5,8-9H2,1-3H3. The maximum Gasteiger partial charge on any atom is 0.122 e. The third-order valence-electron chi connectivity index (χ3n) is 3.41. The Labute approximate surface area is 104 Å². The van der Waals surface area contributed by atoms with Crippen molar-refractivity contribution < 1.29 is 4.74 Å². The van der Waals surface area contributed by atoms with Crippen molar-refractivity contribution in [2.24, 2.45) is 0 Å². The van der Waals surface area contributed by atoms with Gasteiger partial charge in [-0.1, -0.05) is 0 Å². The minimum atomic E-state index is 0.612. The van der Waals surface area contributed by atoms with E-state index in [9.17, 15) is 0 Å². The summed E-state index contributed by atoms with van der Waals surface area (Å²) in [5, 5.41) is 3.54. The van der Waals surface area contributed by atoms with Crippen LogP contribution in [0.1, 0.15) is 18.4 Å². The molecule has 17 heavy (non-hydrogen) atoms. The molecule has 1 N–H and O–H groups in total. The summed E-state index contributed by atoms with van der Waals surface area (Å²) in [4.78, 5) is 2.13. The molecule has 1 saturated heterocycles. The zero-order chi connectivity index (χ0) is 12.3. The molecule has 3 nitrogen and oxygen atoms in total. The fourth-order valence-corrected chi connectivity index (χ4v) is 2.40. The van der Waals surface area contributed by atoms with Gasteiger partial charge in [0.25, 0.3) is 0 Å². The van der Waals surface area contributed by atoms with Crippen molar-refractivity contribution in [1.82, 2.24) is 5.32 Å². The molecule has 0 bridgehead atoms. The minimum absolute atomic E-state index is 0.612. The number of nitrogens with zero attached hydrogens (tertiary/aromatic N) is 1. The zero-order valence-corrected chi connectivity index (χ0v) is 11.0. The van der Waals surface area contributed by atoms with Crippen molar-refractivity contribution in [3.05, 3.63) is 23.8 Å². The third kappa shape index (κ3) is 2.91. The molecule has 0 aliphatic carbocycles. The fourth-order valence-electron chi connectivity index (χ4n) is 2.40. The Hall–Kier alpha value is -1.22. The average molecular weight is 234 g/mol. The number of benzene rings is 1. The van der Waals surface area contributed by atoms with E-state index in [4.69, 9.17) is 4.74 Å². The lowest BCUT2D eigenvalue weighted by Crippen LogP contribution is -2.24. The van der Waals surface area contributed by atoms with Gasteiger partial charge in [-0.15, -0.1) is 0 Å². The summed E-state index contributed by atoms with van der Waals surface area (Å²) >= 11 is 0. The highest BCUT2D eigenvalue weighted by Crippen LogP contribution is 2.26. The quantitative estimate of drug-likeness (QED) is 0.863. The molecule has 2 rings (SSSR count). The highest BCUT2D eigenvalue weighted by molar-refractivity contribution is 5.52. The molecule has 0 saturated carbocycles. The molecule has 1 fully saturated rings. The Morgan fingerprint density at radius 3 is 2.82 bits per heavy atom. The second kappa shape index (κ2) is 5.41. The molecular weight excluding hydrogens is 212 g/mol. The molecule has 0 amide bonds. The van der Waals surface area contributed by atoms with Gasteiger partial charge < -0.3 is 15.0 Å². The van der Waals surface area contributed by atoms with Crippen molar-refractivity contribution in [1.29, 1.82) is 0 Å². The van der Waals surface area contributed by atoms with Crippen LogP contribution in [0.3, 0.4) is 0 Å². The fraction of sp³-hybridized carbons (Fsp3) is 0.571. The Bertz CT molecular complexity index is 370. The van der Waals surface area contributed by atoms with Crippen LogP contribution in [-0.4, -0.2) is 33.8 Å². The van der Waals surface area contributed by atoms with Crippen LogP contribution in [0.2, 0.25) is 0 Å². The van der Waals surface area contributed by atoms with Gasteiger partial charge in [-0.2, -0.15) is 0 Å². The van der Waals surface area contributed by atoms with Gasteiger partial charge in [-0.3, -0.25) is 0 Å². The maximum absolute atomic E-state index is 5.44. The van der Waals surface area contributed by atoms with E-state index in [-0.39, 0.29) is 0 Å². The smallest absolute Gasteiger partial charge is 0.122 e. The van der Waals surface area contributed by atoms with Crippen molar-refractivity contribution >= 4 is 5.69 Å². The highest BCUT2D eigenvalue weighted by Gasteiger charge is 2.17. The first-order valence-corrected chi connectivity index (χ1v) is 6.28. The summed E-state index contributed by atoms with van der Waals surface area (Å²) in [6.45, 7) is 1.15. The Kier molecular flexibility index (Phi) is 3.89. The summed E-state index contributed by atoms with van der Waals surface area (Å²) in [6.07, 6.45) is 3.63. The largest absolute Gasteiger partial charge is 0.496 e. The summed E-state index contributed by atoms with van der Waals surface area (Å²) in [5.41, 5.74) is 2.54. The maximum atomic E-state index is 5.44. The van der Waals surface area contributed by atoms with E-state index in [0.29, 0.717) is 6.04 Å². The SMILES string of the molecule is COc1ccc(N(C)C)cc1CC1CCCN1. The van der Waals surface area contributed by atoms with Gasteiger partial charge in [-0.25, -0.2) is 0 Å². The molecule has 1 atom stereocenters. The monoisotopic (exact) mass is 234 g/mol. The normalized spacial score (nSPS) is 19.4. The van der Waals surface area contributed by atoms with Crippen LogP contribution in [0.25, 0.3) is 0 Å². The van der Waals surface area contributed by atoms with Gasteiger partial charge >= 0.3 is 0 Å². The number of hydrogen-bond donors (Lipinski definition) is 1. The number of rotatable bonds is 4. The van der Waals surface area contributed by atoms with E-state index < -0.39 is 0 Å². The third-order valence-corrected chi connectivity index (χ3v) is 3.41. The van der Waals surface area contributed by atoms with Gasteiger partial charge in [-0.05, 0) is 49.6 Å². The van der Waals surface area contributed by atoms with Crippen molar-refractivity contribution in [2.45, 2.75) is 25.3 Å². The van der Waals surface area contributed by atoms with Crippen LogP contribution in [0.4, 0.5) is 5.69 Å². The molecule has 0 aromatic heterocycles. The molecule has 1 heterocycles. The predicted molar refractivity (Wildman–Crippen MR) is 72.0 cm³/mol. The summed E-state index contributed by atoms with van der Waals surface area (Å²) in [7, 11) is 5.88. The first kappa shape index (κ1) is 12.2. The van der Waals surface area contributed by atoms with Gasteiger partial charge in [0.05, 0.1) is 7.11 Å². The zero-order valence-electron chi connectivity index (χ0n) is 11.0. The van der Waals surface area contributed by atoms with Crippen LogP contribution >= 0.6 is 0 Å². The van der Waals surface area contributed by atoms with Gasteiger partial charge in [0.15, 0.2) is 0 Å². The summed E-state index contributed by atoms with van der Waals surface area (Å²) in [6, 6.07) is 7.02. The molecule has 1 aliphatic heterocycles. The number of nitrogens with one attached hydrogen (secondary N) is 1. The number of methoxy groups -OCH3 is 1. The van der Waals surface area contributed by atoms with Crippen LogP contribution in [-0.2, 0) is 6.42 Å². The van der Waals surface area contributed by atoms with E-state index in [0.717, 1.165) is 18.7 Å². The highest BCUT2D eigenvalue weighted by atomic mass is 16.5. The number of anilines is 1.